The van der Waals surface area contributed by atoms with E-state index >= 15 is 0 Å². The minimum Gasteiger partial charge on any atom is -0.447 e. The van der Waals surface area contributed by atoms with Crippen molar-refractivity contribution in [3.05, 3.63) is 53.7 Å². The van der Waals surface area contributed by atoms with Crippen LogP contribution >= 0.6 is 11.3 Å². The van der Waals surface area contributed by atoms with Crippen LogP contribution < -0.4 is 11.1 Å². The molecule has 3 rings (SSSR count). The van der Waals surface area contributed by atoms with E-state index in [4.69, 9.17) is 10.5 Å². The normalized spacial score (nSPS) is 11.6. The van der Waals surface area contributed by atoms with Gasteiger partial charge in [-0.25, -0.2) is 14.3 Å². The second-order valence-electron chi connectivity index (χ2n) is 5.38. The number of urea groups is 1. The van der Waals surface area contributed by atoms with Gasteiger partial charge < -0.3 is 10.5 Å². The first-order chi connectivity index (χ1) is 13.0. The molecule has 10 heteroatoms. The molecule has 3 N–H and O–H groups in total. The number of benzene rings is 1. The molecule has 0 bridgehead atoms. The lowest BCUT2D eigenvalue weighted by molar-refractivity contribution is -0.127. The molecule has 0 fully saturated rings. The van der Waals surface area contributed by atoms with Crippen LogP contribution in [0.2, 0.25) is 0 Å². The fourth-order valence-electron chi connectivity index (χ4n) is 2.20. The molecule has 0 radical (unpaired) electrons. The quantitative estimate of drug-likeness (QED) is 0.644. The Balaban J connectivity index is 1.89. The van der Waals surface area contributed by atoms with Crippen molar-refractivity contribution in [3.63, 3.8) is 0 Å². The van der Waals surface area contributed by atoms with E-state index in [0.717, 1.165) is 4.88 Å². The number of nitrogens with one attached hydrogen (secondary N) is 1. The van der Waals surface area contributed by atoms with Gasteiger partial charge in [0.05, 0.1) is 10.6 Å². The van der Waals surface area contributed by atoms with Crippen LogP contribution in [0.25, 0.3) is 16.4 Å². The summed E-state index contributed by atoms with van der Waals surface area (Å²) in [6.45, 7) is 1.31. The number of primary amides is 1. The number of carbonyl (C=O) groups is 3. The van der Waals surface area contributed by atoms with Gasteiger partial charge in [-0.15, -0.1) is 16.4 Å². The van der Waals surface area contributed by atoms with Crippen LogP contribution in [0, 0.1) is 0 Å². The highest BCUT2D eigenvalue weighted by atomic mass is 32.1. The van der Waals surface area contributed by atoms with E-state index in [1.54, 1.807) is 0 Å². The first kappa shape index (κ1) is 18.3. The molecule has 3 aromatic rings. The first-order valence-electron chi connectivity index (χ1n) is 7.83. The van der Waals surface area contributed by atoms with Gasteiger partial charge in [0.15, 0.2) is 11.9 Å². The largest absolute Gasteiger partial charge is 0.447 e. The molecule has 0 aliphatic carbocycles. The van der Waals surface area contributed by atoms with Crippen molar-refractivity contribution in [3.8, 4) is 16.4 Å². The van der Waals surface area contributed by atoms with Crippen molar-refractivity contribution >= 4 is 29.2 Å². The smallest absolute Gasteiger partial charge is 0.379 e. The van der Waals surface area contributed by atoms with Gasteiger partial charge in [-0.1, -0.05) is 24.3 Å². The number of rotatable bonds is 5. The summed E-state index contributed by atoms with van der Waals surface area (Å²) in [7, 11) is 0. The highest BCUT2D eigenvalue weighted by molar-refractivity contribution is 7.13. The number of nitrogens with zero attached hydrogens (tertiary/aromatic N) is 3. The predicted octanol–water partition coefficient (Wildman–Crippen LogP) is 1.74. The van der Waals surface area contributed by atoms with Gasteiger partial charge in [0, 0.05) is 0 Å². The number of esters is 1. The summed E-state index contributed by atoms with van der Waals surface area (Å²) >= 11 is 1.44. The van der Waals surface area contributed by atoms with Gasteiger partial charge >= 0.3 is 12.0 Å². The molecule has 138 valence electrons. The molecule has 0 aliphatic heterocycles. The number of aromatic nitrogens is 3. The second kappa shape index (κ2) is 7.79. The maximum atomic E-state index is 12.4. The Morgan fingerprint density at radius 3 is 2.56 bits per heavy atom. The zero-order valence-electron chi connectivity index (χ0n) is 14.2. The number of carbonyl (C=O) groups excluding carboxylic acids is 3. The fourth-order valence-corrected chi connectivity index (χ4v) is 2.90. The van der Waals surface area contributed by atoms with Crippen LogP contribution in [-0.4, -0.2) is 38.8 Å². The van der Waals surface area contributed by atoms with Crippen LogP contribution in [0.4, 0.5) is 4.79 Å². The number of hydrogen-bond acceptors (Lipinski definition) is 7. The molecule has 2 heterocycles. The SMILES string of the molecule is CC(OC(=O)c1nc(-c2cccs2)n(-c2ccccc2)n1)C(=O)NC(N)=O. The number of para-hydroxylation sites is 1. The molecule has 0 aliphatic rings. The Labute approximate surface area is 157 Å². The van der Waals surface area contributed by atoms with Crippen LogP contribution in [0.15, 0.2) is 47.8 Å². The van der Waals surface area contributed by atoms with E-state index in [2.05, 4.69) is 10.1 Å². The number of nitrogens with two attached hydrogens (primary N) is 1. The molecular weight excluding hydrogens is 370 g/mol. The molecule has 1 atom stereocenters. The zero-order chi connectivity index (χ0) is 19.4. The summed E-state index contributed by atoms with van der Waals surface area (Å²) in [6, 6.07) is 11.9. The molecule has 1 unspecified atom stereocenters. The van der Waals surface area contributed by atoms with E-state index in [-0.39, 0.29) is 5.82 Å². The van der Waals surface area contributed by atoms with Gasteiger partial charge in [-0.05, 0) is 30.5 Å². The maximum Gasteiger partial charge on any atom is 0.379 e. The van der Waals surface area contributed by atoms with Crippen molar-refractivity contribution in [1.29, 1.82) is 0 Å². The lowest BCUT2D eigenvalue weighted by Crippen LogP contribution is -2.42. The Kier molecular flexibility index (Phi) is 5.27. The van der Waals surface area contributed by atoms with Gasteiger partial charge in [-0.3, -0.25) is 10.1 Å². The van der Waals surface area contributed by atoms with E-state index < -0.39 is 24.0 Å². The number of imide groups is 1. The summed E-state index contributed by atoms with van der Waals surface area (Å²) in [4.78, 5) is 39.8. The van der Waals surface area contributed by atoms with Crippen LogP contribution in [0.3, 0.4) is 0 Å². The molecule has 0 spiro atoms. The number of hydrogen-bond donors (Lipinski definition) is 2. The molecule has 9 nitrogen and oxygen atoms in total. The Morgan fingerprint density at radius 1 is 1.19 bits per heavy atom. The lowest BCUT2D eigenvalue weighted by Gasteiger charge is -2.10. The van der Waals surface area contributed by atoms with Crippen LogP contribution in [0.5, 0.6) is 0 Å². The van der Waals surface area contributed by atoms with Crippen molar-refractivity contribution in [1.82, 2.24) is 20.1 Å². The molecule has 0 saturated heterocycles. The summed E-state index contributed by atoms with van der Waals surface area (Å²) in [5.41, 5.74) is 5.59. The van der Waals surface area contributed by atoms with Crippen molar-refractivity contribution in [2.75, 3.05) is 0 Å². The maximum absolute atomic E-state index is 12.4. The minimum atomic E-state index is -1.24. The Bertz CT molecular complexity index is 969. The monoisotopic (exact) mass is 385 g/mol. The summed E-state index contributed by atoms with van der Waals surface area (Å²) < 4.78 is 6.55. The summed E-state index contributed by atoms with van der Waals surface area (Å²) in [6.07, 6.45) is -1.24. The third-order valence-electron chi connectivity index (χ3n) is 3.43. The minimum absolute atomic E-state index is 0.207. The molecule has 27 heavy (non-hydrogen) atoms. The summed E-state index contributed by atoms with van der Waals surface area (Å²) in [5, 5.41) is 7.95. The van der Waals surface area contributed by atoms with Crippen LogP contribution in [0.1, 0.15) is 17.5 Å². The first-order valence-corrected chi connectivity index (χ1v) is 8.71. The van der Waals surface area contributed by atoms with Gasteiger partial charge in [-0.2, -0.15) is 4.98 Å². The van der Waals surface area contributed by atoms with E-state index in [0.29, 0.717) is 11.5 Å². The number of amides is 3. The van der Waals surface area contributed by atoms with Crippen molar-refractivity contribution in [2.24, 2.45) is 5.73 Å². The van der Waals surface area contributed by atoms with E-state index in [9.17, 15) is 14.4 Å². The van der Waals surface area contributed by atoms with E-state index in [1.165, 1.54) is 22.9 Å². The van der Waals surface area contributed by atoms with Gasteiger partial charge in [0.2, 0.25) is 0 Å². The highest BCUT2D eigenvalue weighted by Crippen LogP contribution is 2.25. The number of thiophene rings is 1. The molecule has 1 aromatic carbocycles. The average Bonchev–Trinajstić information content (AvgIpc) is 3.31. The Morgan fingerprint density at radius 2 is 1.93 bits per heavy atom. The standard InChI is InChI=1S/C17H15N5O4S/c1-10(15(23)20-17(18)25)26-16(24)13-19-14(12-8-5-9-27-12)22(21-13)11-6-3-2-4-7-11/h2-10H,1H3,(H3,18,20,23,25). The van der Waals surface area contributed by atoms with Crippen LogP contribution in [-0.2, 0) is 9.53 Å². The average molecular weight is 385 g/mol. The predicted molar refractivity (Wildman–Crippen MR) is 97.3 cm³/mol. The van der Waals surface area contributed by atoms with E-state index in [1.807, 2.05) is 53.2 Å². The highest BCUT2D eigenvalue weighted by Gasteiger charge is 2.25. The zero-order valence-corrected chi connectivity index (χ0v) is 15.0. The summed E-state index contributed by atoms with van der Waals surface area (Å²) in [5.74, 6) is -1.47. The van der Waals surface area contributed by atoms with Gasteiger partial charge in [0.25, 0.3) is 11.7 Å². The van der Waals surface area contributed by atoms with Crippen molar-refractivity contribution < 1.29 is 19.1 Å². The topological polar surface area (TPSA) is 129 Å². The van der Waals surface area contributed by atoms with Crippen molar-refractivity contribution in [2.45, 2.75) is 13.0 Å². The molecule has 2 aromatic heterocycles. The molecule has 3 amide bonds. The fraction of sp³-hybridized carbons (Fsp3) is 0.118. The Hall–Kier alpha value is -3.53. The third-order valence-corrected chi connectivity index (χ3v) is 4.30. The molecular formula is C17H15N5O4S. The lowest BCUT2D eigenvalue weighted by atomic mass is 10.3. The second-order valence-corrected chi connectivity index (χ2v) is 6.33. The molecule has 0 saturated carbocycles. The number of ether oxygens (including phenoxy) is 1. The van der Waals surface area contributed by atoms with Gasteiger partial charge in [0.1, 0.15) is 0 Å². The third kappa shape index (κ3) is 4.18.